The number of hydrogen-bond donors (Lipinski definition) is 2. The number of carbonyl (C=O) groups is 3. The van der Waals surface area contributed by atoms with Crippen molar-refractivity contribution in [1.82, 2.24) is 5.32 Å². The second kappa shape index (κ2) is 8.42. The van der Waals surface area contributed by atoms with Gasteiger partial charge in [-0.15, -0.1) is 0 Å². The van der Waals surface area contributed by atoms with Crippen molar-refractivity contribution in [3.63, 3.8) is 0 Å². The number of ether oxygens (including phenoxy) is 4. The zero-order valence-corrected chi connectivity index (χ0v) is 16.7. The van der Waals surface area contributed by atoms with Gasteiger partial charge in [0.25, 0.3) is 0 Å². The monoisotopic (exact) mass is 414 g/mol. The highest BCUT2D eigenvalue weighted by Crippen LogP contribution is 2.51. The Morgan fingerprint density at radius 1 is 1.20 bits per heavy atom. The summed E-state index contributed by atoms with van der Waals surface area (Å²) in [5, 5.41) is 2.63. The standard InChI is InChI=1S/C21H22N2O7/c1-4-9-28-18(24)15-12(2)23-20(26)21(15)13-7-5-6-8-14(13)30-17(22)16(21)19(25)29-11-10-27-3/h4-8H,1,9-11,22H2,2-3H3,(H,23,26)/t21-/m1/s1. The summed E-state index contributed by atoms with van der Waals surface area (Å²) < 4.78 is 20.9. The third-order valence-electron chi connectivity index (χ3n) is 4.79. The van der Waals surface area contributed by atoms with E-state index in [-0.39, 0.29) is 53.9 Å². The molecule has 0 radical (unpaired) electrons. The molecular weight excluding hydrogens is 392 g/mol. The van der Waals surface area contributed by atoms with Crippen LogP contribution in [0.1, 0.15) is 12.5 Å². The summed E-state index contributed by atoms with van der Waals surface area (Å²) in [6, 6.07) is 6.52. The van der Waals surface area contributed by atoms with E-state index in [0.717, 1.165) is 0 Å². The first-order valence-electron chi connectivity index (χ1n) is 9.14. The van der Waals surface area contributed by atoms with Gasteiger partial charge in [-0.05, 0) is 13.0 Å². The molecule has 0 aliphatic carbocycles. The van der Waals surface area contributed by atoms with E-state index in [9.17, 15) is 14.4 Å². The summed E-state index contributed by atoms with van der Waals surface area (Å²) in [6.45, 7) is 5.04. The fourth-order valence-corrected chi connectivity index (χ4v) is 3.63. The maximum Gasteiger partial charge on any atom is 0.341 e. The molecule has 1 aromatic carbocycles. The van der Waals surface area contributed by atoms with E-state index in [1.165, 1.54) is 13.2 Å². The van der Waals surface area contributed by atoms with Crippen molar-refractivity contribution in [3.8, 4) is 5.75 Å². The average Bonchev–Trinajstić information content (AvgIpc) is 2.96. The Balaban J connectivity index is 2.24. The van der Waals surface area contributed by atoms with Gasteiger partial charge in [0, 0.05) is 18.4 Å². The molecule has 0 saturated carbocycles. The molecule has 9 nitrogen and oxygen atoms in total. The van der Waals surface area contributed by atoms with Crippen LogP contribution in [0, 0.1) is 0 Å². The van der Waals surface area contributed by atoms with Gasteiger partial charge in [0.2, 0.25) is 11.8 Å². The molecule has 3 N–H and O–H groups in total. The number of amides is 1. The third kappa shape index (κ3) is 3.22. The smallest absolute Gasteiger partial charge is 0.341 e. The molecule has 2 aliphatic rings. The Kier molecular flexibility index (Phi) is 5.93. The van der Waals surface area contributed by atoms with E-state index in [1.54, 1.807) is 31.2 Å². The van der Waals surface area contributed by atoms with Crippen LogP contribution < -0.4 is 15.8 Å². The summed E-state index contributed by atoms with van der Waals surface area (Å²) in [6.07, 6.45) is 1.40. The van der Waals surface area contributed by atoms with Gasteiger partial charge in [-0.25, -0.2) is 9.59 Å². The number of nitrogens with two attached hydrogens (primary N) is 1. The van der Waals surface area contributed by atoms with E-state index >= 15 is 0 Å². The molecule has 0 unspecified atom stereocenters. The lowest BCUT2D eigenvalue weighted by Gasteiger charge is -2.35. The maximum atomic E-state index is 13.3. The lowest BCUT2D eigenvalue weighted by molar-refractivity contribution is -0.143. The Labute approximate surface area is 173 Å². The first-order chi connectivity index (χ1) is 14.4. The molecule has 0 aromatic heterocycles. The number of fused-ring (bicyclic) bond motifs is 2. The SMILES string of the molecule is C=CCOC(=O)C1=C(C)NC(=O)[C@@]12C(C(=O)OCCOC)=C(N)Oc1ccccc12. The predicted octanol–water partition coefficient (Wildman–Crippen LogP) is 0.810. The Bertz CT molecular complexity index is 979. The minimum Gasteiger partial charge on any atom is -0.460 e. The summed E-state index contributed by atoms with van der Waals surface area (Å²) in [4.78, 5) is 39.3. The zero-order chi connectivity index (χ0) is 21.9. The Hall–Kier alpha value is -3.59. The van der Waals surface area contributed by atoms with E-state index < -0.39 is 23.3 Å². The number of rotatable bonds is 7. The highest BCUT2D eigenvalue weighted by atomic mass is 16.6. The molecule has 9 heteroatoms. The molecule has 1 atom stereocenters. The highest BCUT2D eigenvalue weighted by Gasteiger charge is 2.61. The quantitative estimate of drug-likeness (QED) is 0.381. The molecule has 0 bridgehead atoms. The maximum absolute atomic E-state index is 13.3. The number of hydrogen-bond acceptors (Lipinski definition) is 8. The molecule has 3 rings (SSSR count). The van der Waals surface area contributed by atoms with Gasteiger partial charge in [0.15, 0.2) is 0 Å². The fourth-order valence-electron chi connectivity index (χ4n) is 3.63. The Morgan fingerprint density at radius 2 is 1.90 bits per heavy atom. The lowest BCUT2D eigenvalue weighted by atomic mass is 9.67. The van der Waals surface area contributed by atoms with Crippen molar-refractivity contribution in [2.75, 3.05) is 26.9 Å². The molecular formula is C21H22N2O7. The van der Waals surface area contributed by atoms with Gasteiger partial charge in [-0.2, -0.15) is 0 Å². The Morgan fingerprint density at radius 3 is 2.60 bits per heavy atom. The summed E-state index contributed by atoms with van der Waals surface area (Å²) in [5.74, 6) is -2.43. The van der Waals surface area contributed by atoms with Crippen molar-refractivity contribution in [3.05, 3.63) is 65.2 Å². The summed E-state index contributed by atoms with van der Waals surface area (Å²) in [7, 11) is 1.45. The van der Waals surface area contributed by atoms with Crippen molar-refractivity contribution in [2.45, 2.75) is 12.3 Å². The van der Waals surface area contributed by atoms with Gasteiger partial charge in [-0.1, -0.05) is 30.9 Å². The molecule has 1 aromatic rings. The van der Waals surface area contributed by atoms with Crippen LogP contribution in [-0.4, -0.2) is 44.8 Å². The second-order valence-electron chi connectivity index (χ2n) is 6.56. The van der Waals surface area contributed by atoms with Gasteiger partial charge < -0.3 is 30.0 Å². The van der Waals surface area contributed by atoms with Crippen LogP contribution in [-0.2, 0) is 34.0 Å². The van der Waals surface area contributed by atoms with E-state index in [2.05, 4.69) is 11.9 Å². The summed E-state index contributed by atoms with van der Waals surface area (Å²) >= 11 is 0. The van der Waals surface area contributed by atoms with Crippen LogP contribution in [0.15, 0.2) is 59.6 Å². The largest absolute Gasteiger partial charge is 0.460 e. The normalized spacial score (nSPS) is 19.9. The first-order valence-corrected chi connectivity index (χ1v) is 9.14. The molecule has 2 heterocycles. The molecule has 0 saturated heterocycles. The summed E-state index contributed by atoms with van der Waals surface area (Å²) in [5.41, 5.74) is 4.35. The minimum atomic E-state index is -1.88. The number of methoxy groups -OCH3 is 1. The predicted molar refractivity (Wildman–Crippen MR) is 105 cm³/mol. The van der Waals surface area contributed by atoms with Crippen LogP contribution in [0.4, 0.5) is 0 Å². The highest BCUT2D eigenvalue weighted by molar-refractivity contribution is 6.17. The molecule has 2 aliphatic heterocycles. The van der Waals surface area contributed by atoms with Crippen LogP contribution >= 0.6 is 0 Å². The molecule has 30 heavy (non-hydrogen) atoms. The second-order valence-corrected chi connectivity index (χ2v) is 6.56. The van der Waals surface area contributed by atoms with Crippen LogP contribution in [0.2, 0.25) is 0 Å². The van der Waals surface area contributed by atoms with Crippen molar-refractivity contribution < 1.29 is 33.3 Å². The van der Waals surface area contributed by atoms with Gasteiger partial charge in [0.05, 0.1) is 12.2 Å². The van der Waals surface area contributed by atoms with Crippen LogP contribution in [0.25, 0.3) is 0 Å². The van der Waals surface area contributed by atoms with Gasteiger partial charge in [-0.3, -0.25) is 4.79 Å². The fraction of sp³-hybridized carbons (Fsp3) is 0.286. The number of benzene rings is 1. The third-order valence-corrected chi connectivity index (χ3v) is 4.79. The average molecular weight is 414 g/mol. The lowest BCUT2D eigenvalue weighted by Crippen LogP contribution is -2.49. The minimum absolute atomic E-state index is 0.0632. The number of allylic oxidation sites excluding steroid dienone is 1. The van der Waals surface area contributed by atoms with Crippen LogP contribution in [0.5, 0.6) is 5.75 Å². The number of nitrogens with one attached hydrogen (secondary N) is 1. The topological polar surface area (TPSA) is 126 Å². The zero-order valence-electron chi connectivity index (χ0n) is 16.7. The first kappa shape index (κ1) is 21.1. The van der Waals surface area contributed by atoms with Gasteiger partial charge >= 0.3 is 11.9 Å². The molecule has 1 amide bonds. The number of carbonyl (C=O) groups excluding carboxylic acids is 3. The number of para-hydroxylation sites is 1. The van der Waals surface area contributed by atoms with Crippen molar-refractivity contribution in [2.24, 2.45) is 5.73 Å². The molecule has 0 fully saturated rings. The molecule has 158 valence electrons. The van der Waals surface area contributed by atoms with Crippen molar-refractivity contribution >= 4 is 17.8 Å². The van der Waals surface area contributed by atoms with Gasteiger partial charge in [0.1, 0.15) is 30.0 Å². The van der Waals surface area contributed by atoms with E-state index in [1.807, 2.05) is 0 Å². The van der Waals surface area contributed by atoms with Crippen molar-refractivity contribution in [1.29, 1.82) is 0 Å². The van der Waals surface area contributed by atoms with E-state index in [0.29, 0.717) is 0 Å². The van der Waals surface area contributed by atoms with E-state index in [4.69, 9.17) is 24.7 Å². The number of esters is 2. The molecule has 1 spiro atoms. The van der Waals surface area contributed by atoms with Crippen LogP contribution in [0.3, 0.4) is 0 Å².